The van der Waals surface area contributed by atoms with Crippen LogP contribution in [0.5, 0.6) is 0 Å². The lowest BCUT2D eigenvalue weighted by Gasteiger charge is -2.20. The molecule has 0 saturated heterocycles. The number of hydrogen-bond donors (Lipinski definition) is 3. The summed E-state index contributed by atoms with van der Waals surface area (Å²) in [4.78, 5) is 23.2. The minimum Gasteiger partial charge on any atom is -0.454 e. The Morgan fingerprint density at radius 2 is 1.92 bits per heavy atom. The number of carbonyl (C=O) groups is 2. The van der Waals surface area contributed by atoms with Crippen molar-refractivity contribution in [2.75, 3.05) is 6.61 Å². The fourth-order valence-corrected chi connectivity index (χ4v) is 3.17. The molecule has 0 unspecified atom stereocenters. The van der Waals surface area contributed by atoms with Crippen LogP contribution in [0.4, 0.5) is 4.39 Å². The van der Waals surface area contributed by atoms with Crippen molar-refractivity contribution in [1.82, 2.24) is 10.0 Å². The molecule has 1 amide bonds. The molecular formula is C15H19FN2O6S. The van der Waals surface area contributed by atoms with Gasteiger partial charge in [0.05, 0.1) is 11.0 Å². The van der Waals surface area contributed by atoms with E-state index in [1.165, 1.54) is 6.92 Å². The highest BCUT2D eigenvalue weighted by Crippen LogP contribution is 2.18. The van der Waals surface area contributed by atoms with E-state index in [-0.39, 0.29) is 10.9 Å². The smallest absolute Gasteiger partial charge is 0.327 e. The van der Waals surface area contributed by atoms with E-state index in [2.05, 4.69) is 5.32 Å². The monoisotopic (exact) mass is 374 g/mol. The van der Waals surface area contributed by atoms with Gasteiger partial charge in [-0.25, -0.2) is 12.8 Å². The van der Waals surface area contributed by atoms with Crippen LogP contribution in [0.1, 0.15) is 19.8 Å². The molecule has 1 aromatic carbocycles. The van der Waals surface area contributed by atoms with Gasteiger partial charge in [-0.2, -0.15) is 4.72 Å². The van der Waals surface area contributed by atoms with Gasteiger partial charge in [-0.05, 0) is 44.0 Å². The molecule has 1 aliphatic carbocycles. The summed E-state index contributed by atoms with van der Waals surface area (Å²) in [5.41, 5.74) is 0. The lowest BCUT2D eigenvalue weighted by molar-refractivity contribution is -0.152. The zero-order valence-electron chi connectivity index (χ0n) is 13.4. The molecule has 10 heteroatoms. The molecule has 0 heterocycles. The van der Waals surface area contributed by atoms with Crippen LogP contribution >= 0.6 is 0 Å². The Morgan fingerprint density at radius 1 is 1.32 bits per heavy atom. The number of carbonyl (C=O) groups excluding carboxylic acids is 2. The van der Waals surface area contributed by atoms with Crippen LogP contribution in [0.3, 0.4) is 0 Å². The molecule has 1 fully saturated rings. The molecule has 1 aliphatic rings. The van der Waals surface area contributed by atoms with Crippen molar-refractivity contribution in [3.8, 4) is 0 Å². The van der Waals surface area contributed by atoms with E-state index in [0.29, 0.717) is 0 Å². The van der Waals surface area contributed by atoms with Crippen LogP contribution < -0.4 is 10.0 Å². The topological polar surface area (TPSA) is 122 Å². The minimum absolute atomic E-state index is 0.0933. The molecule has 1 aromatic rings. The molecule has 8 nitrogen and oxygen atoms in total. The zero-order valence-corrected chi connectivity index (χ0v) is 14.3. The third-order valence-corrected chi connectivity index (χ3v) is 4.89. The number of nitrogens with one attached hydrogen (secondary N) is 2. The van der Waals surface area contributed by atoms with E-state index in [1.54, 1.807) is 0 Å². The molecular weight excluding hydrogens is 355 g/mol. The normalized spacial score (nSPS) is 16.8. The number of hydrogen-bond acceptors (Lipinski definition) is 6. The number of rotatable bonds is 8. The lowest BCUT2D eigenvalue weighted by atomic mass is 10.2. The summed E-state index contributed by atoms with van der Waals surface area (Å²) in [6.45, 7) is 0.625. The van der Waals surface area contributed by atoms with Gasteiger partial charge < -0.3 is 15.2 Å². The van der Waals surface area contributed by atoms with Gasteiger partial charge in [0.1, 0.15) is 11.9 Å². The zero-order chi connectivity index (χ0) is 18.6. The molecule has 0 spiro atoms. The van der Waals surface area contributed by atoms with Crippen LogP contribution in [0.2, 0.25) is 0 Å². The van der Waals surface area contributed by atoms with E-state index in [0.717, 1.165) is 37.1 Å². The molecule has 2 rings (SSSR count). The van der Waals surface area contributed by atoms with Gasteiger partial charge in [0.2, 0.25) is 10.0 Å². The van der Waals surface area contributed by atoms with Crippen LogP contribution in [0.25, 0.3) is 0 Å². The Morgan fingerprint density at radius 3 is 2.44 bits per heavy atom. The fraction of sp³-hybridized carbons (Fsp3) is 0.467. The second-order valence-electron chi connectivity index (χ2n) is 5.74. The summed E-state index contributed by atoms with van der Waals surface area (Å²) in [6, 6.07) is 2.43. The average molecular weight is 374 g/mol. The van der Waals surface area contributed by atoms with Crippen molar-refractivity contribution in [3.05, 3.63) is 30.1 Å². The predicted octanol–water partition coefficient (Wildman–Crippen LogP) is -0.325. The Kier molecular flexibility index (Phi) is 6.09. The molecule has 0 aliphatic heterocycles. The number of amides is 1. The van der Waals surface area contributed by atoms with Crippen molar-refractivity contribution >= 4 is 21.9 Å². The quantitative estimate of drug-likeness (QED) is 0.536. The highest BCUT2D eigenvalue weighted by atomic mass is 32.2. The molecule has 3 N–H and O–H groups in total. The fourth-order valence-electron chi connectivity index (χ4n) is 1.92. The van der Waals surface area contributed by atoms with E-state index in [9.17, 15) is 27.5 Å². The van der Waals surface area contributed by atoms with Gasteiger partial charge in [-0.15, -0.1) is 0 Å². The van der Waals surface area contributed by atoms with Gasteiger partial charge >= 0.3 is 5.97 Å². The maximum Gasteiger partial charge on any atom is 0.327 e. The maximum atomic E-state index is 12.9. The Labute approximate surface area is 144 Å². The molecule has 2 atom stereocenters. The van der Waals surface area contributed by atoms with E-state index in [1.807, 2.05) is 4.72 Å². The van der Waals surface area contributed by atoms with Crippen LogP contribution in [-0.2, 0) is 24.3 Å². The number of esters is 1. The average Bonchev–Trinajstić information content (AvgIpc) is 3.34. The summed E-state index contributed by atoms with van der Waals surface area (Å²) in [7, 11) is -4.19. The van der Waals surface area contributed by atoms with Crippen LogP contribution in [0.15, 0.2) is 29.2 Å². The number of sulfonamides is 1. The largest absolute Gasteiger partial charge is 0.454 e. The standard InChI is InChI=1S/C15H19FN2O6S/c1-9(19)14(15(21)24-8-13(20)17-11-4-5-11)18-25(22,23)12-6-2-10(16)3-7-12/h2-3,6-7,9,11,14,18-19H,4-5,8H2,1H3,(H,17,20)/t9-,14+/m1/s1. The second kappa shape index (κ2) is 7.89. The van der Waals surface area contributed by atoms with E-state index in [4.69, 9.17) is 4.74 Å². The van der Waals surface area contributed by atoms with E-state index < -0.39 is 46.5 Å². The van der Waals surface area contributed by atoms with Gasteiger partial charge in [0.15, 0.2) is 6.61 Å². The Hall–Kier alpha value is -2.04. The highest BCUT2D eigenvalue weighted by molar-refractivity contribution is 7.89. The summed E-state index contributed by atoms with van der Waals surface area (Å²) in [6.07, 6.45) is 0.329. The molecule has 0 radical (unpaired) electrons. The maximum absolute atomic E-state index is 12.9. The second-order valence-corrected chi connectivity index (χ2v) is 7.46. The minimum atomic E-state index is -4.19. The predicted molar refractivity (Wildman–Crippen MR) is 84.3 cm³/mol. The number of aliphatic hydroxyl groups excluding tert-OH is 1. The van der Waals surface area contributed by atoms with Crippen molar-refractivity contribution in [2.45, 2.75) is 42.8 Å². The third-order valence-electron chi connectivity index (χ3n) is 3.43. The third kappa shape index (κ3) is 5.76. The highest BCUT2D eigenvalue weighted by Gasteiger charge is 2.32. The van der Waals surface area contributed by atoms with Crippen LogP contribution in [-0.4, -0.2) is 50.2 Å². The summed E-state index contributed by atoms with van der Waals surface area (Å²) in [5, 5.41) is 12.3. The summed E-state index contributed by atoms with van der Waals surface area (Å²) in [5.74, 6) is -2.21. The Bertz CT molecular complexity index is 731. The SMILES string of the molecule is C[C@@H](O)[C@H](NS(=O)(=O)c1ccc(F)cc1)C(=O)OCC(=O)NC1CC1. The first-order valence-electron chi connectivity index (χ1n) is 7.61. The van der Waals surface area contributed by atoms with Crippen molar-refractivity contribution in [1.29, 1.82) is 0 Å². The van der Waals surface area contributed by atoms with Crippen molar-refractivity contribution < 1.29 is 32.2 Å². The lowest BCUT2D eigenvalue weighted by Crippen LogP contribution is -2.49. The van der Waals surface area contributed by atoms with Crippen molar-refractivity contribution in [3.63, 3.8) is 0 Å². The van der Waals surface area contributed by atoms with Gasteiger partial charge in [-0.3, -0.25) is 9.59 Å². The first-order chi connectivity index (χ1) is 11.7. The first kappa shape index (κ1) is 19.3. The summed E-state index contributed by atoms with van der Waals surface area (Å²) < 4.78 is 44.1. The van der Waals surface area contributed by atoms with Gasteiger partial charge in [0, 0.05) is 6.04 Å². The number of aliphatic hydroxyl groups is 1. The number of ether oxygens (including phenoxy) is 1. The molecule has 0 aromatic heterocycles. The van der Waals surface area contributed by atoms with Gasteiger partial charge in [-0.1, -0.05) is 0 Å². The van der Waals surface area contributed by atoms with E-state index >= 15 is 0 Å². The van der Waals surface area contributed by atoms with Crippen LogP contribution in [0, 0.1) is 5.82 Å². The first-order valence-corrected chi connectivity index (χ1v) is 9.09. The summed E-state index contributed by atoms with van der Waals surface area (Å²) >= 11 is 0. The molecule has 1 saturated carbocycles. The molecule has 138 valence electrons. The number of benzene rings is 1. The van der Waals surface area contributed by atoms with Crippen molar-refractivity contribution in [2.24, 2.45) is 0 Å². The van der Waals surface area contributed by atoms with Gasteiger partial charge in [0.25, 0.3) is 5.91 Å². The number of halogens is 1. The Balaban J connectivity index is 1.99. The molecule has 25 heavy (non-hydrogen) atoms. The molecule has 0 bridgehead atoms.